The molecule has 2 aliphatic heterocycles. The lowest BCUT2D eigenvalue weighted by atomic mass is 9.31. The normalized spacial score (nSPS) is 19.1. The number of fused-ring (bicyclic) bond motifs is 1. The average molecular weight is 771 g/mol. The number of aromatic hydroxyl groups is 1. The zero-order valence-electron chi connectivity index (χ0n) is 29.7. The van der Waals surface area contributed by atoms with Crippen LogP contribution < -0.4 is 15.8 Å². The van der Waals surface area contributed by atoms with Gasteiger partial charge in [-0.3, -0.25) is 14.4 Å². The van der Waals surface area contributed by atoms with Crippen LogP contribution in [0.3, 0.4) is 0 Å². The molecule has 5 heterocycles. The van der Waals surface area contributed by atoms with Crippen LogP contribution in [0, 0.1) is 6.92 Å². The smallest absolute Gasteiger partial charge is 0.416 e. The summed E-state index contributed by atoms with van der Waals surface area (Å²) in [6.07, 6.45) is -1.76. The Labute approximate surface area is 331 Å². The van der Waals surface area contributed by atoms with Gasteiger partial charge in [0.25, 0.3) is 11.5 Å². The quantitative estimate of drug-likeness (QED) is 0.241. The van der Waals surface area contributed by atoms with Crippen LogP contribution in [0.25, 0.3) is 11.4 Å². The molecule has 14 nitrogen and oxygen atoms in total. The molecule has 56 heavy (non-hydrogen) atoms. The number of aromatic nitrogens is 6. The van der Waals surface area contributed by atoms with Crippen molar-refractivity contribution in [1.82, 2.24) is 34.0 Å². The third kappa shape index (κ3) is 6.71. The molecule has 0 bridgehead atoms. The third-order valence-electron chi connectivity index (χ3n) is 9.48. The number of ether oxygens (including phenoxy) is 1. The van der Waals surface area contributed by atoms with E-state index in [-0.39, 0.29) is 41.7 Å². The molecule has 3 aromatic heterocycles. The minimum absolute atomic E-state index is 0.00325. The van der Waals surface area contributed by atoms with Gasteiger partial charge in [-0.15, -0.1) is 5.10 Å². The molecule has 14 radical (unpaired) electrons. The zero-order chi connectivity index (χ0) is 41.3. The van der Waals surface area contributed by atoms with E-state index in [4.69, 9.17) is 71.3 Å². The van der Waals surface area contributed by atoms with Gasteiger partial charge in [0, 0.05) is 0 Å². The molecule has 2 N–H and O–H groups in total. The first kappa shape index (κ1) is 41.1. The Balaban J connectivity index is 1.53. The van der Waals surface area contributed by atoms with Gasteiger partial charge in [-0.25, -0.2) is 9.97 Å². The second-order valence-corrected chi connectivity index (χ2v) is 13.5. The summed E-state index contributed by atoms with van der Waals surface area (Å²) in [7, 11) is 46.3. The summed E-state index contributed by atoms with van der Waals surface area (Å²) in [5, 5.41) is 8.87. The molecule has 1 saturated heterocycles. The number of hydrogen-bond donors (Lipinski definition) is 2. The van der Waals surface area contributed by atoms with Crippen LogP contribution in [0.5, 0.6) is 5.75 Å². The maximum Gasteiger partial charge on any atom is 0.416 e. The highest BCUT2D eigenvalue weighted by molar-refractivity contribution is 6.59. The summed E-state index contributed by atoms with van der Waals surface area (Å²) >= 11 is 6.11. The van der Waals surface area contributed by atoms with Crippen LogP contribution in [0.4, 0.5) is 24.5 Å². The molecule has 25 heteroatoms. The maximum absolute atomic E-state index is 14.7. The van der Waals surface area contributed by atoms with Crippen molar-refractivity contribution in [2.24, 2.45) is 0 Å². The van der Waals surface area contributed by atoms with Crippen molar-refractivity contribution in [3.05, 3.63) is 74.4 Å². The van der Waals surface area contributed by atoms with E-state index >= 15 is 0 Å². The molecular weight excluding hydrogens is 747 g/mol. The molecule has 2 aliphatic rings. The topological polar surface area (TPSA) is 160 Å². The SMILES string of the molecule is [B]C1N(C(=O)c2ncnc(C)c2O)C([B])([B])C([B])([B])N(c2c(CC)n(CC(=O)Nc3ccc(C(F)(F)F)cc3Cl)c3nc(C4=CCOCC4)nn3c2=O)C1([B])[B]. The van der Waals surface area contributed by atoms with E-state index in [0.717, 1.165) is 27.9 Å². The number of nitrogens with one attached hydrogen (secondary N) is 1. The Kier molecular flexibility index (Phi) is 10.6. The van der Waals surface area contributed by atoms with E-state index in [0.29, 0.717) is 29.6 Å². The highest BCUT2D eigenvalue weighted by Crippen LogP contribution is 2.43. The van der Waals surface area contributed by atoms with E-state index in [1.165, 1.54) is 11.5 Å². The average Bonchev–Trinajstić information content (AvgIpc) is 3.57. The number of carbonyl (C=O) groups is 2. The first-order valence-electron chi connectivity index (χ1n) is 16.6. The number of benzene rings is 1. The zero-order valence-corrected chi connectivity index (χ0v) is 30.5. The van der Waals surface area contributed by atoms with Gasteiger partial charge >= 0.3 is 6.18 Å². The lowest BCUT2D eigenvalue weighted by Gasteiger charge is -2.71. The first-order chi connectivity index (χ1) is 26.0. The Morgan fingerprint density at radius 1 is 1.12 bits per heavy atom. The summed E-state index contributed by atoms with van der Waals surface area (Å²) in [6, 6.07) is 2.36. The molecular formula is C31H24B7ClF3N9O5. The number of halogens is 4. The molecule has 1 unspecified atom stereocenters. The predicted octanol–water partition coefficient (Wildman–Crippen LogP) is -0.199. The lowest BCUT2D eigenvalue weighted by Crippen LogP contribution is -2.89. The van der Waals surface area contributed by atoms with Gasteiger partial charge in [0.05, 0.1) is 88.0 Å². The Morgan fingerprint density at radius 2 is 1.82 bits per heavy atom. The van der Waals surface area contributed by atoms with Crippen LogP contribution in [-0.2, 0) is 28.7 Å². The third-order valence-corrected chi connectivity index (χ3v) is 9.80. The van der Waals surface area contributed by atoms with Gasteiger partial charge in [0.1, 0.15) is 26.4 Å². The van der Waals surface area contributed by atoms with Crippen LogP contribution in [-0.4, -0.2) is 141 Å². The van der Waals surface area contributed by atoms with Crippen molar-refractivity contribution in [2.45, 2.75) is 61.4 Å². The number of piperazine rings is 1. The number of amides is 2. The van der Waals surface area contributed by atoms with E-state index in [2.05, 4.69) is 25.4 Å². The first-order valence-corrected chi connectivity index (χ1v) is 17.0. The van der Waals surface area contributed by atoms with Gasteiger partial charge in [0.2, 0.25) is 11.7 Å². The molecule has 6 rings (SSSR count). The van der Waals surface area contributed by atoms with E-state index in [1.54, 1.807) is 13.0 Å². The number of aryl methyl sites for hydroxylation is 1. The number of hydrogen-bond acceptors (Lipinski definition) is 10. The molecule has 1 fully saturated rings. The van der Waals surface area contributed by atoms with E-state index in [9.17, 15) is 32.7 Å². The van der Waals surface area contributed by atoms with Gasteiger partial charge in [-0.05, 0) is 65.5 Å². The Morgan fingerprint density at radius 3 is 2.43 bits per heavy atom. The number of alkyl halides is 3. The van der Waals surface area contributed by atoms with Gasteiger partial charge < -0.3 is 29.5 Å². The van der Waals surface area contributed by atoms with Crippen molar-refractivity contribution in [3.8, 4) is 5.75 Å². The molecule has 4 aromatic rings. The van der Waals surface area contributed by atoms with Gasteiger partial charge in [0.15, 0.2) is 17.3 Å². The summed E-state index contributed by atoms with van der Waals surface area (Å²) in [5.41, 5.74) is -2.76. The Hall–Kier alpha value is -4.58. The van der Waals surface area contributed by atoms with E-state index in [1.807, 2.05) is 0 Å². The van der Waals surface area contributed by atoms with Crippen molar-refractivity contribution in [1.29, 1.82) is 0 Å². The second-order valence-electron chi connectivity index (χ2n) is 13.1. The van der Waals surface area contributed by atoms with Crippen molar-refractivity contribution in [3.63, 3.8) is 0 Å². The summed E-state index contributed by atoms with van der Waals surface area (Å²) in [4.78, 5) is 55.7. The van der Waals surface area contributed by atoms with Crippen LogP contribution in [0.15, 0.2) is 35.4 Å². The number of anilines is 2. The highest BCUT2D eigenvalue weighted by atomic mass is 35.5. The Bertz CT molecular complexity index is 2360. The van der Waals surface area contributed by atoms with Crippen molar-refractivity contribution < 1.29 is 32.6 Å². The lowest BCUT2D eigenvalue weighted by molar-refractivity contribution is -0.137. The van der Waals surface area contributed by atoms with Crippen LogP contribution >= 0.6 is 11.6 Å². The second kappa shape index (κ2) is 14.4. The summed E-state index contributed by atoms with van der Waals surface area (Å²) in [6.45, 7) is 2.84. The largest absolute Gasteiger partial charge is 0.504 e. The fraction of sp³-hybridized carbons (Fsp3) is 0.387. The van der Waals surface area contributed by atoms with Gasteiger partial charge in [-0.1, -0.05) is 24.6 Å². The van der Waals surface area contributed by atoms with Gasteiger partial charge in [-0.2, -0.15) is 22.7 Å². The molecule has 272 valence electrons. The highest BCUT2D eigenvalue weighted by Gasteiger charge is 2.58. The van der Waals surface area contributed by atoms with Crippen molar-refractivity contribution in [2.75, 3.05) is 23.4 Å². The standard InChI is InChI=1S/C31H24B7ClF3N9O5/c1-3-18-21(51-28(33,34)26(32)49(30(35,36)31(51,37)38)24(54)20-22(53)13(2)43-12-44-20)25(55)50-27(46-23(47-50)14-6-8-56-9-7-14)48(18)11-19(52)45-17-5-4-15(10-16(17)39)29(40,41)42/h4-6,10,12,26,53H,3,7-9,11H2,1-2H3,(H,45,52). The van der Waals surface area contributed by atoms with Crippen molar-refractivity contribution >= 4 is 101 Å². The molecule has 0 aliphatic carbocycles. The van der Waals surface area contributed by atoms with Crippen LogP contribution in [0.1, 0.15) is 46.6 Å². The molecule has 1 aromatic carbocycles. The molecule has 1 atom stereocenters. The minimum Gasteiger partial charge on any atom is -0.504 e. The maximum atomic E-state index is 14.7. The molecule has 2 amide bonds. The summed E-state index contributed by atoms with van der Waals surface area (Å²) < 4.78 is 47.3. The monoisotopic (exact) mass is 771 g/mol. The minimum atomic E-state index is -4.70. The fourth-order valence-electron chi connectivity index (χ4n) is 6.50. The van der Waals surface area contributed by atoms with Crippen LogP contribution in [0.2, 0.25) is 5.02 Å². The predicted molar refractivity (Wildman–Crippen MR) is 204 cm³/mol. The number of carbonyl (C=O) groups excluding carboxylic acids is 2. The number of nitrogens with zero attached hydrogens (tertiary/aromatic N) is 8. The summed E-state index contributed by atoms with van der Waals surface area (Å²) in [5.74, 6) is -4.75. The van der Waals surface area contributed by atoms with E-state index < -0.39 is 79.8 Å². The fourth-order valence-corrected chi connectivity index (χ4v) is 6.73. The molecule has 0 saturated carbocycles. The number of rotatable bonds is 7. The molecule has 0 spiro atoms.